The van der Waals surface area contributed by atoms with Crippen molar-refractivity contribution in [2.75, 3.05) is 0 Å². The van der Waals surface area contributed by atoms with Gasteiger partial charge in [-0.2, -0.15) is 0 Å². The third-order valence-corrected chi connectivity index (χ3v) is 4.02. The second kappa shape index (κ2) is 8.30. The minimum Gasteiger partial charge on any atom is -0.481 e. The van der Waals surface area contributed by atoms with Gasteiger partial charge in [0.2, 0.25) is 0 Å². The Kier molecular flexibility index (Phi) is 6.30. The molecule has 1 unspecified atom stereocenters. The summed E-state index contributed by atoms with van der Waals surface area (Å²) in [4.78, 5) is 21.9. The molecule has 2 aromatic carbocycles. The summed E-state index contributed by atoms with van der Waals surface area (Å²) in [6.45, 7) is 0. The molecule has 28 heavy (non-hydrogen) atoms. The van der Waals surface area contributed by atoms with Crippen LogP contribution in [0.1, 0.15) is 18.4 Å². The molecule has 2 aromatic rings. The molecular formula is C19H17F3O6. The van der Waals surface area contributed by atoms with Crippen LogP contribution >= 0.6 is 0 Å². The first-order chi connectivity index (χ1) is 13.0. The van der Waals surface area contributed by atoms with Gasteiger partial charge in [-0.1, -0.05) is 36.4 Å². The van der Waals surface area contributed by atoms with Gasteiger partial charge < -0.3 is 20.1 Å². The van der Waals surface area contributed by atoms with Crippen LogP contribution in [0.25, 0.3) is 11.1 Å². The molecule has 0 aliphatic carbocycles. The smallest absolute Gasteiger partial charge is 0.481 e. The van der Waals surface area contributed by atoms with Gasteiger partial charge in [-0.3, -0.25) is 4.79 Å². The Morgan fingerprint density at radius 2 is 1.61 bits per heavy atom. The fourth-order valence-corrected chi connectivity index (χ4v) is 2.61. The molecule has 0 saturated carbocycles. The monoisotopic (exact) mass is 398 g/mol. The average molecular weight is 398 g/mol. The van der Waals surface area contributed by atoms with Crippen molar-refractivity contribution in [1.82, 2.24) is 0 Å². The van der Waals surface area contributed by atoms with Crippen molar-refractivity contribution in [3.8, 4) is 16.9 Å². The zero-order valence-electron chi connectivity index (χ0n) is 14.4. The Morgan fingerprint density at radius 3 is 2.14 bits per heavy atom. The summed E-state index contributed by atoms with van der Waals surface area (Å²) in [6, 6.07) is 11.9. The van der Waals surface area contributed by atoms with E-state index in [0.717, 1.165) is 0 Å². The quantitative estimate of drug-likeness (QED) is 0.629. The molecule has 0 bridgehead atoms. The molecule has 0 fully saturated rings. The Balaban J connectivity index is 2.10. The van der Waals surface area contributed by atoms with Gasteiger partial charge >= 0.3 is 18.3 Å². The average Bonchev–Trinajstić information content (AvgIpc) is 2.58. The third-order valence-electron chi connectivity index (χ3n) is 4.02. The van der Waals surface area contributed by atoms with Crippen LogP contribution in [0.3, 0.4) is 0 Å². The van der Waals surface area contributed by atoms with Crippen LogP contribution < -0.4 is 4.74 Å². The first-order valence-corrected chi connectivity index (χ1v) is 8.11. The van der Waals surface area contributed by atoms with E-state index < -0.39 is 30.3 Å². The molecule has 9 heteroatoms. The molecule has 0 aromatic heterocycles. The van der Waals surface area contributed by atoms with Crippen LogP contribution in [-0.2, 0) is 16.0 Å². The topological polar surface area (TPSA) is 104 Å². The van der Waals surface area contributed by atoms with Crippen molar-refractivity contribution in [3.63, 3.8) is 0 Å². The molecule has 150 valence electrons. The van der Waals surface area contributed by atoms with Gasteiger partial charge in [-0.15, -0.1) is 13.2 Å². The van der Waals surface area contributed by atoms with E-state index in [4.69, 9.17) is 10.2 Å². The van der Waals surface area contributed by atoms with Gasteiger partial charge in [0.15, 0.2) is 5.60 Å². The van der Waals surface area contributed by atoms with Crippen molar-refractivity contribution in [3.05, 3.63) is 54.1 Å². The molecule has 0 radical (unpaired) electrons. The third kappa shape index (κ3) is 5.98. The lowest BCUT2D eigenvalue weighted by Crippen LogP contribution is -2.41. The summed E-state index contributed by atoms with van der Waals surface area (Å²) in [5.74, 6) is -3.40. The maximum atomic E-state index is 12.3. The molecule has 0 spiro atoms. The second-order valence-corrected chi connectivity index (χ2v) is 6.18. The lowest BCUT2D eigenvalue weighted by atomic mass is 9.91. The number of aliphatic hydroxyl groups is 1. The summed E-state index contributed by atoms with van der Waals surface area (Å²) < 4.78 is 40.9. The summed E-state index contributed by atoms with van der Waals surface area (Å²) >= 11 is 0. The molecular weight excluding hydrogens is 381 g/mol. The molecule has 0 amide bonds. The number of benzene rings is 2. The minimum absolute atomic E-state index is 0.105. The molecule has 2 rings (SSSR count). The standard InChI is InChI=1S/C19H17F3O6/c20-19(21,22)28-15-3-1-2-14(10-15)13-6-4-12(5-7-13)8-9-18(27,17(25)26)11-16(23)24/h1-7,10,27H,8-9,11H2,(H,23,24)(H,25,26). The van der Waals surface area contributed by atoms with Crippen molar-refractivity contribution >= 4 is 11.9 Å². The summed E-state index contributed by atoms with van der Waals surface area (Å²) in [5, 5.41) is 27.8. The molecule has 0 heterocycles. The highest BCUT2D eigenvalue weighted by atomic mass is 19.4. The highest BCUT2D eigenvalue weighted by Crippen LogP contribution is 2.28. The molecule has 6 nitrogen and oxygen atoms in total. The molecule has 0 saturated heterocycles. The fraction of sp³-hybridized carbons (Fsp3) is 0.263. The van der Waals surface area contributed by atoms with Crippen LogP contribution in [0.4, 0.5) is 13.2 Å². The molecule has 1 atom stereocenters. The minimum atomic E-state index is -4.79. The van der Waals surface area contributed by atoms with Crippen molar-refractivity contribution in [2.45, 2.75) is 31.2 Å². The Morgan fingerprint density at radius 1 is 0.964 bits per heavy atom. The summed E-state index contributed by atoms with van der Waals surface area (Å²) in [5.41, 5.74) is -0.651. The normalized spacial score (nSPS) is 13.6. The first kappa shape index (κ1) is 21.2. The number of carboxylic acids is 2. The molecule has 0 aliphatic heterocycles. The zero-order valence-corrected chi connectivity index (χ0v) is 14.4. The predicted octanol–water partition coefficient (Wildman–Crippen LogP) is 3.48. The van der Waals surface area contributed by atoms with Crippen LogP contribution in [0.2, 0.25) is 0 Å². The van der Waals surface area contributed by atoms with Gasteiger partial charge in [0.05, 0.1) is 6.42 Å². The SMILES string of the molecule is O=C(O)CC(O)(CCc1ccc(-c2cccc(OC(F)(F)F)c2)cc1)C(=O)O. The van der Waals surface area contributed by atoms with E-state index >= 15 is 0 Å². The lowest BCUT2D eigenvalue weighted by Gasteiger charge is -2.21. The van der Waals surface area contributed by atoms with E-state index in [1.165, 1.54) is 18.2 Å². The van der Waals surface area contributed by atoms with Gasteiger partial charge in [-0.05, 0) is 41.7 Å². The molecule has 0 aliphatic rings. The van der Waals surface area contributed by atoms with Crippen molar-refractivity contribution in [1.29, 1.82) is 0 Å². The number of hydrogen-bond acceptors (Lipinski definition) is 4. The predicted molar refractivity (Wildman–Crippen MR) is 91.7 cm³/mol. The van der Waals surface area contributed by atoms with Gasteiger partial charge in [0, 0.05) is 0 Å². The number of ether oxygens (including phenoxy) is 1. The number of aliphatic carboxylic acids is 2. The number of carbonyl (C=O) groups is 2. The number of rotatable bonds is 8. The number of hydrogen-bond donors (Lipinski definition) is 3. The fourth-order valence-electron chi connectivity index (χ4n) is 2.61. The van der Waals surface area contributed by atoms with E-state index in [9.17, 15) is 27.9 Å². The van der Waals surface area contributed by atoms with E-state index in [2.05, 4.69) is 4.74 Å². The van der Waals surface area contributed by atoms with Gasteiger partial charge in [0.1, 0.15) is 5.75 Å². The van der Waals surface area contributed by atoms with E-state index in [0.29, 0.717) is 16.7 Å². The summed E-state index contributed by atoms with van der Waals surface area (Å²) in [6.07, 6.45) is -5.91. The van der Waals surface area contributed by atoms with E-state index in [-0.39, 0.29) is 18.6 Å². The number of aryl methyl sites for hydroxylation is 1. The Hall–Kier alpha value is -3.07. The van der Waals surface area contributed by atoms with Crippen LogP contribution in [0.15, 0.2) is 48.5 Å². The lowest BCUT2D eigenvalue weighted by molar-refractivity contribution is -0.274. The highest BCUT2D eigenvalue weighted by Gasteiger charge is 2.38. The number of carboxylic acid groups (broad SMARTS) is 2. The van der Waals surface area contributed by atoms with Crippen molar-refractivity contribution < 1.29 is 42.8 Å². The largest absolute Gasteiger partial charge is 0.573 e. The Bertz CT molecular complexity index is 847. The van der Waals surface area contributed by atoms with Crippen LogP contribution in [-0.4, -0.2) is 39.2 Å². The number of alkyl halides is 3. The van der Waals surface area contributed by atoms with E-state index in [1.54, 1.807) is 30.3 Å². The second-order valence-electron chi connectivity index (χ2n) is 6.18. The van der Waals surface area contributed by atoms with Crippen molar-refractivity contribution in [2.24, 2.45) is 0 Å². The Labute approximate surface area is 157 Å². The highest BCUT2D eigenvalue weighted by molar-refractivity contribution is 5.83. The maximum absolute atomic E-state index is 12.3. The number of halogens is 3. The summed E-state index contributed by atoms with van der Waals surface area (Å²) in [7, 11) is 0. The zero-order chi connectivity index (χ0) is 20.9. The van der Waals surface area contributed by atoms with E-state index in [1.807, 2.05) is 0 Å². The van der Waals surface area contributed by atoms with Crippen LogP contribution in [0.5, 0.6) is 5.75 Å². The van der Waals surface area contributed by atoms with Gasteiger partial charge in [0.25, 0.3) is 0 Å². The first-order valence-electron chi connectivity index (χ1n) is 8.11. The maximum Gasteiger partial charge on any atom is 0.573 e. The molecule has 3 N–H and O–H groups in total. The van der Waals surface area contributed by atoms with Gasteiger partial charge in [-0.25, -0.2) is 4.79 Å². The van der Waals surface area contributed by atoms with Crippen LogP contribution in [0, 0.1) is 0 Å².